The molecule has 0 aromatic heterocycles. The normalized spacial score (nSPS) is 14.5. The van der Waals surface area contributed by atoms with Crippen molar-refractivity contribution in [3.8, 4) is 11.8 Å². The van der Waals surface area contributed by atoms with Gasteiger partial charge >= 0.3 is 6.09 Å². The van der Waals surface area contributed by atoms with Crippen LogP contribution in [0.3, 0.4) is 0 Å². The van der Waals surface area contributed by atoms with Gasteiger partial charge in [-0.3, -0.25) is 5.43 Å². The monoisotopic (exact) mass is 316 g/mol. The molecule has 1 aliphatic heterocycles. The molecule has 2 rings (SSSR count). The van der Waals surface area contributed by atoms with Gasteiger partial charge in [-0.1, -0.05) is 0 Å². The Hall–Kier alpha value is -2.75. The van der Waals surface area contributed by atoms with Gasteiger partial charge in [-0.2, -0.15) is 10.4 Å². The molecule has 1 unspecified atom stereocenters. The summed E-state index contributed by atoms with van der Waals surface area (Å²) in [6, 6.07) is 9.47. The maximum absolute atomic E-state index is 11.9. The van der Waals surface area contributed by atoms with Crippen molar-refractivity contribution < 1.29 is 14.3 Å². The van der Waals surface area contributed by atoms with E-state index in [-0.39, 0.29) is 5.92 Å². The zero-order valence-corrected chi connectivity index (χ0v) is 13.3. The summed E-state index contributed by atoms with van der Waals surface area (Å²) in [5.41, 5.74) is 3.57. The number of carbonyl (C=O) groups is 1. The fourth-order valence-electron chi connectivity index (χ4n) is 2.01. The van der Waals surface area contributed by atoms with Crippen molar-refractivity contribution in [1.82, 2.24) is 10.3 Å². The van der Waals surface area contributed by atoms with Crippen LogP contribution in [0.1, 0.15) is 25.8 Å². The summed E-state index contributed by atoms with van der Waals surface area (Å²) < 4.78 is 10.6. The van der Waals surface area contributed by atoms with Crippen LogP contribution in [-0.4, -0.2) is 36.7 Å². The van der Waals surface area contributed by atoms with Crippen molar-refractivity contribution >= 4 is 11.9 Å². The van der Waals surface area contributed by atoms with Crippen molar-refractivity contribution in [3.05, 3.63) is 29.8 Å². The minimum absolute atomic E-state index is 0.0219. The van der Waals surface area contributed by atoms with Crippen LogP contribution in [0.5, 0.6) is 5.75 Å². The van der Waals surface area contributed by atoms with E-state index < -0.39 is 6.09 Å². The molecule has 7 heteroatoms. The Labute approximate surface area is 135 Å². The molecule has 0 spiro atoms. The van der Waals surface area contributed by atoms with E-state index in [1.807, 2.05) is 31.2 Å². The predicted octanol–water partition coefficient (Wildman–Crippen LogP) is 2.30. The van der Waals surface area contributed by atoms with Gasteiger partial charge in [-0.15, -0.1) is 0 Å². The quantitative estimate of drug-likeness (QED) is 0.870. The summed E-state index contributed by atoms with van der Waals surface area (Å²) in [4.78, 5) is 13.3. The second-order valence-corrected chi connectivity index (χ2v) is 5.07. The lowest BCUT2D eigenvalue weighted by molar-refractivity contribution is 0.129. The highest BCUT2D eigenvalue weighted by Gasteiger charge is 2.26. The molecular weight excluding hydrogens is 296 g/mol. The third-order valence-corrected chi connectivity index (χ3v) is 3.31. The number of amidine groups is 1. The van der Waals surface area contributed by atoms with Gasteiger partial charge in [0, 0.05) is 11.5 Å². The highest BCUT2D eigenvalue weighted by molar-refractivity contribution is 6.07. The van der Waals surface area contributed by atoms with Crippen molar-refractivity contribution in [2.75, 3.05) is 19.9 Å². The summed E-state index contributed by atoms with van der Waals surface area (Å²) in [6.07, 6.45) is 0.257. The highest BCUT2D eigenvalue weighted by Crippen LogP contribution is 2.17. The minimum Gasteiger partial charge on any atom is -0.494 e. The second kappa shape index (κ2) is 8.03. The SMILES string of the molecule is CCOC(=O)N1CNN=C1c1ccc(OCCC(C)C#N)cc1. The van der Waals surface area contributed by atoms with Crippen molar-refractivity contribution in [2.45, 2.75) is 20.3 Å². The number of nitrogens with one attached hydrogen (secondary N) is 1. The Morgan fingerprint density at radius 1 is 1.48 bits per heavy atom. The third-order valence-electron chi connectivity index (χ3n) is 3.31. The first kappa shape index (κ1) is 16.6. The first-order valence-electron chi connectivity index (χ1n) is 7.53. The average molecular weight is 316 g/mol. The van der Waals surface area contributed by atoms with Gasteiger partial charge in [0.05, 0.1) is 19.3 Å². The number of ether oxygens (including phenoxy) is 2. The molecule has 0 saturated carbocycles. The fraction of sp³-hybridized carbons (Fsp3) is 0.438. The molecular formula is C16H20N4O3. The van der Waals surface area contributed by atoms with E-state index in [0.717, 1.165) is 5.56 Å². The van der Waals surface area contributed by atoms with Gasteiger partial charge in [-0.05, 0) is 44.5 Å². The lowest BCUT2D eigenvalue weighted by Gasteiger charge is -2.16. The summed E-state index contributed by atoms with van der Waals surface area (Å²) in [5, 5.41) is 12.9. The van der Waals surface area contributed by atoms with Gasteiger partial charge in [-0.25, -0.2) is 9.69 Å². The molecule has 1 aromatic rings. The lowest BCUT2D eigenvalue weighted by atomic mass is 10.1. The molecule has 0 fully saturated rings. The van der Waals surface area contributed by atoms with Crippen LogP contribution in [0.2, 0.25) is 0 Å². The van der Waals surface area contributed by atoms with Crippen LogP contribution in [0.25, 0.3) is 0 Å². The molecule has 0 bridgehead atoms. The molecule has 0 saturated heterocycles. The zero-order valence-electron chi connectivity index (χ0n) is 13.3. The van der Waals surface area contributed by atoms with E-state index in [9.17, 15) is 4.79 Å². The summed E-state index contributed by atoms with van der Waals surface area (Å²) in [7, 11) is 0. The smallest absolute Gasteiger partial charge is 0.417 e. The molecule has 23 heavy (non-hydrogen) atoms. The maximum Gasteiger partial charge on any atom is 0.417 e. The molecule has 1 heterocycles. The number of rotatable bonds is 6. The molecule has 7 nitrogen and oxygen atoms in total. The van der Waals surface area contributed by atoms with Crippen LogP contribution in [0.15, 0.2) is 29.4 Å². The Balaban J connectivity index is 1.96. The van der Waals surface area contributed by atoms with Crippen LogP contribution >= 0.6 is 0 Å². The zero-order chi connectivity index (χ0) is 16.7. The summed E-state index contributed by atoms with van der Waals surface area (Å²) in [5.74, 6) is 1.22. The second-order valence-electron chi connectivity index (χ2n) is 5.07. The number of nitriles is 1. The molecule has 1 N–H and O–H groups in total. The highest BCUT2D eigenvalue weighted by atomic mass is 16.6. The first-order valence-corrected chi connectivity index (χ1v) is 7.53. The Morgan fingerprint density at radius 3 is 2.87 bits per heavy atom. The molecule has 122 valence electrons. The minimum atomic E-state index is -0.429. The van der Waals surface area contributed by atoms with Crippen molar-refractivity contribution in [3.63, 3.8) is 0 Å². The molecule has 1 aromatic carbocycles. The molecule has 1 aliphatic rings. The molecule has 0 aliphatic carbocycles. The van der Waals surface area contributed by atoms with E-state index >= 15 is 0 Å². The van der Waals surface area contributed by atoms with E-state index in [2.05, 4.69) is 16.6 Å². The first-order chi connectivity index (χ1) is 11.2. The number of hydrazone groups is 1. The van der Waals surface area contributed by atoms with Crippen LogP contribution < -0.4 is 10.2 Å². The number of carbonyl (C=O) groups excluding carboxylic acids is 1. The van der Waals surface area contributed by atoms with Gasteiger partial charge in [0.25, 0.3) is 0 Å². The number of hydrogen-bond acceptors (Lipinski definition) is 6. The van der Waals surface area contributed by atoms with E-state index in [0.29, 0.717) is 37.9 Å². The largest absolute Gasteiger partial charge is 0.494 e. The predicted molar refractivity (Wildman–Crippen MR) is 84.7 cm³/mol. The van der Waals surface area contributed by atoms with E-state index in [1.54, 1.807) is 6.92 Å². The number of hydrogen-bond donors (Lipinski definition) is 1. The van der Waals surface area contributed by atoms with Gasteiger partial charge in [0.2, 0.25) is 0 Å². The van der Waals surface area contributed by atoms with Gasteiger partial charge < -0.3 is 9.47 Å². The van der Waals surface area contributed by atoms with Crippen LogP contribution in [-0.2, 0) is 4.74 Å². The lowest BCUT2D eigenvalue weighted by Crippen LogP contribution is -2.36. The molecule has 0 radical (unpaired) electrons. The Bertz CT molecular complexity index is 607. The number of benzene rings is 1. The molecule has 1 atom stereocenters. The van der Waals surface area contributed by atoms with E-state index in [1.165, 1.54) is 4.90 Å². The topological polar surface area (TPSA) is 86.9 Å². The third kappa shape index (κ3) is 4.36. The number of amides is 1. The van der Waals surface area contributed by atoms with Gasteiger partial charge in [0.15, 0.2) is 5.84 Å². The Morgan fingerprint density at radius 2 is 2.22 bits per heavy atom. The summed E-state index contributed by atoms with van der Waals surface area (Å²) >= 11 is 0. The maximum atomic E-state index is 11.9. The van der Waals surface area contributed by atoms with E-state index in [4.69, 9.17) is 14.7 Å². The van der Waals surface area contributed by atoms with Crippen molar-refractivity contribution in [1.29, 1.82) is 5.26 Å². The molecule has 1 amide bonds. The number of nitrogens with zero attached hydrogens (tertiary/aromatic N) is 3. The van der Waals surface area contributed by atoms with Gasteiger partial charge in [0.1, 0.15) is 12.4 Å². The van der Waals surface area contributed by atoms with Crippen molar-refractivity contribution in [2.24, 2.45) is 11.0 Å². The van der Waals surface area contributed by atoms with Crippen LogP contribution in [0.4, 0.5) is 4.79 Å². The van der Waals surface area contributed by atoms with Crippen LogP contribution in [0, 0.1) is 17.2 Å². The standard InChI is InChI=1S/C16H20N4O3/c1-3-22-16(21)20-11-18-19-15(20)13-4-6-14(7-5-13)23-9-8-12(2)10-17/h4-7,12,18H,3,8-9,11H2,1-2H3. The fourth-order valence-corrected chi connectivity index (χ4v) is 2.01. The average Bonchev–Trinajstić information content (AvgIpc) is 3.05. The Kier molecular flexibility index (Phi) is 5.80. The summed E-state index contributed by atoms with van der Waals surface area (Å²) in [6.45, 7) is 4.72.